The number of ketones is 1. The van der Waals surface area contributed by atoms with Gasteiger partial charge in [-0.2, -0.15) is 0 Å². The maximum atomic E-state index is 14.0. The van der Waals surface area contributed by atoms with Crippen LogP contribution in [0.25, 0.3) is 0 Å². The highest BCUT2D eigenvalue weighted by atomic mass is 19.1. The zero-order chi connectivity index (χ0) is 14.9. The third-order valence-electron chi connectivity index (χ3n) is 3.36. The van der Waals surface area contributed by atoms with E-state index in [1.54, 1.807) is 19.1 Å². The molecule has 0 saturated carbocycles. The molecule has 0 aromatic heterocycles. The van der Waals surface area contributed by atoms with E-state index in [0.717, 1.165) is 5.56 Å². The van der Waals surface area contributed by atoms with Crippen LogP contribution < -0.4 is 5.73 Å². The molecule has 0 radical (unpaired) electrons. The van der Waals surface area contributed by atoms with E-state index >= 15 is 0 Å². The van der Waals surface area contributed by atoms with Crippen LogP contribution >= 0.6 is 0 Å². The second kappa shape index (κ2) is 5.45. The summed E-state index contributed by atoms with van der Waals surface area (Å²) in [4.78, 5) is 12.4. The first-order chi connectivity index (χ1) is 9.40. The molecule has 0 saturated heterocycles. The summed E-state index contributed by atoms with van der Waals surface area (Å²) in [5, 5.41) is 0. The lowest BCUT2D eigenvalue weighted by molar-refractivity contribution is 0.103. The van der Waals surface area contributed by atoms with E-state index in [4.69, 9.17) is 5.73 Å². The lowest BCUT2D eigenvalue weighted by Gasteiger charge is -2.09. The molecule has 0 bridgehead atoms. The number of hydrogen-bond donors (Lipinski definition) is 1. The van der Waals surface area contributed by atoms with Crippen LogP contribution in [0, 0.1) is 12.7 Å². The Kier molecular flexibility index (Phi) is 3.89. The van der Waals surface area contributed by atoms with Crippen molar-refractivity contribution < 1.29 is 9.18 Å². The Labute approximate surface area is 118 Å². The molecule has 0 aliphatic rings. The van der Waals surface area contributed by atoms with E-state index in [1.807, 2.05) is 12.1 Å². The molecular weight excluding hydrogens is 253 g/mol. The summed E-state index contributed by atoms with van der Waals surface area (Å²) in [6.45, 7) is 5.76. The van der Waals surface area contributed by atoms with Gasteiger partial charge in [0.2, 0.25) is 0 Å². The number of carbonyl (C=O) groups excluding carboxylic acids is 1. The van der Waals surface area contributed by atoms with Crippen LogP contribution in [0.15, 0.2) is 36.4 Å². The molecule has 0 spiro atoms. The lowest BCUT2D eigenvalue weighted by atomic mass is 9.97. The number of nitrogen functional groups attached to an aromatic ring is 1. The molecule has 0 aliphatic heterocycles. The van der Waals surface area contributed by atoms with E-state index < -0.39 is 5.82 Å². The zero-order valence-electron chi connectivity index (χ0n) is 11.9. The number of carbonyl (C=O) groups is 1. The smallest absolute Gasteiger partial charge is 0.196 e. The summed E-state index contributed by atoms with van der Waals surface area (Å²) in [6, 6.07) is 10.2. The molecule has 0 amide bonds. The van der Waals surface area contributed by atoms with Gasteiger partial charge in [0.25, 0.3) is 0 Å². The molecule has 2 rings (SSSR count). The quantitative estimate of drug-likeness (QED) is 0.675. The average molecular weight is 271 g/mol. The van der Waals surface area contributed by atoms with Crippen molar-refractivity contribution in [1.82, 2.24) is 0 Å². The van der Waals surface area contributed by atoms with Gasteiger partial charge in [-0.1, -0.05) is 38.1 Å². The van der Waals surface area contributed by atoms with Gasteiger partial charge in [0.15, 0.2) is 5.78 Å². The number of halogens is 1. The molecular formula is C17H18FNO. The Morgan fingerprint density at radius 2 is 1.75 bits per heavy atom. The molecule has 2 N–H and O–H groups in total. The summed E-state index contributed by atoms with van der Waals surface area (Å²) < 4.78 is 14.0. The maximum absolute atomic E-state index is 14.0. The Morgan fingerprint density at radius 1 is 1.15 bits per heavy atom. The van der Waals surface area contributed by atoms with Crippen LogP contribution in [0.1, 0.15) is 46.8 Å². The van der Waals surface area contributed by atoms with Gasteiger partial charge >= 0.3 is 0 Å². The van der Waals surface area contributed by atoms with Gasteiger partial charge < -0.3 is 5.73 Å². The highest BCUT2D eigenvalue weighted by molar-refractivity contribution is 6.09. The normalized spacial score (nSPS) is 10.8. The van der Waals surface area contributed by atoms with Gasteiger partial charge in [0.05, 0.1) is 5.56 Å². The second-order valence-electron chi connectivity index (χ2n) is 5.31. The summed E-state index contributed by atoms with van der Waals surface area (Å²) in [7, 11) is 0. The minimum atomic E-state index is -0.503. The fourth-order valence-corrected chi connectivity index (χ4v) is 2.14. The number of aryl methyl sites for hydroxylation is 1. The van der Waals surface area contributed by atoms with Crippen LogP contribution in [0.3, 0.4) is 0 Å². The molecule has 104 valence electrons. The van der Waals surface area contributed by atoms with Crippen molar-refractivity contribution in [3.63, 3.8) is 0 Å². The largest absolute Gasteiger partial charge is 0.399 e. The lowest BCUT2D eigenvalue weighted by Crippen LogP contribution is -2.07. The first-order valence-electron chi connectivity index (χ1n) is 6.60. The number of rotatable bonds is 3. The van der Waals surface area contributed by atoms with E-state index in [9.17, 15) is 9.18 Å². The Bertz CT molecular complexity index is 645. The standard InChI is InChI=1S/C17H18FNO/c1-10(2)12-4-6-13(7-5-12)17(20)15-9-14(19)8-11(3)16(15)18/h4-10H,19H2,1-3H3. The summed E-state index contributed by atoms with van der Waals surface area (Å²) in [6.07, 6.45) is 0. The van der Waals surface area contributed by atoms with Gasteiger partial charge in [-0.3, -0.25) is 4.79 Å². The fraction of sp³-hybridized carbons (Fsp3) is 0.235. The van der Waals surface area contributed by atoms with E-state index in [2.05, 4.69) is 13.8 Å². The number of anilines is 1. The van der Waals surface area contributed by atoms with Crippen LogP contribution in [-0.4, -0.2) is 5.78 Å². The van der Waals surface area contributed by atoms with Gasteiger partial charge in [-0.05, 0) is 36.1 Å². The van der Waals surface area contributed by atoms with Crippen molar-refractivity contribution >= 4 is 11.5 Å². The molecule has 20 heavy (non-hydrogen) atoms. The Hall–Kier alpha value is -2.16. The van der Waals surface area contributed by atoms with Crippen molar-refractivity contribution in [3.05, 3.63) is 64.5 Å². The topological polar surface area (TPSA) is 43.1 Å². The molecule has 2 aromatic rings. The van der Waals surface area contributed by atoms with Gasteiger partial charge in [0, 0.05) is 11.3 Å². The molecule has 0 heterocycles. The molecule has 0 fully saturated rings. The minimum absolute atomic E-state index is 0.0276. The number of nitrogens with two attached hydrogens (primary N) is 1. The fourth-order valence-electron chi connectivity index (χ4n) is 2.14. The molecule has 3 heteroatoms. The number of hydrogen-bond acceptors (Lipinski definition) is 2. The van der Waals surface area contributed by atoms with Crippen molar-refractivity contribution in [2.45, 2.75) is 26.7 Å². The minimum Gasteiger partial charge on any atom is -0.399 e. The summed E-state index contributed by atoms with van der Waals surface area (Å²) in [5.41, 5.74) is 8.11. The van der Waals surface area contributed by atoms with Crippen LogP contribution in [0.4, 0.5) is 10.1 Å². The van der Waals surface area contributed by atoms with Gasteiger partial charge in [-0.25, -0.2) is 4.39 Å². The SMILES string of the molecule is Cc1cc(N)cc(C(=O)c2ccc(C(C)C)cc2)c1F. The Balaban J connectivity index is 2.41. The molecule has 2 aromatic carbocycles. The van der Waals surface area contributed by atoms with E-state index in [-0.39, 0.29) is 11.3 Å². The first kappa shape index (κ1) is 14.3. The average Bonchev–Trinajstić information content (AvgIpc) is 2.42. The van der Waals surface area contributed by atoms with Gasteiger partial charge in [-0.15, -0.1) is 0 Å². The summed E-state index contributed by atoms with van der Waals surface area (Å²) in [5.74, 6) is -0.448. The zero-order valence-corrected chi connectivity index (χ0v) is 11.9. The predicted molar refractivity (Wildman–Crippen MR) is 79.5 cm³/mol. The van der Waals surface area contributed by atoms with Gasteiger partial charge in [0.1, 0.15) is 5.82 Å². The van der Waals surface area contributed by atoms with E-state index in [1.165, 1.54) is 12.1 Å². The monoisotopic (exact) mass is 271 g/mol. The molecule has 0 aliphatic carbocycles. The molecule has 0 unspecified atom stereocenters. The highest BCUT2D eigenvalue weighted by Crippen LogP contribution is 2.21. The number of benzene rings is 2. The van der Waals surface area contributed by atoms with Crippen molar-refractivity contribution in [2.75, 3.05) is 5.73 Å². The van der Waals surface area contributed by atoms with Crippen molar-refractivity contribution in [3.8, 4) is 0 Å². The highest BCUT2D eigenvalue weighted by Gasteiger charge is 2.16. The van der Waals surface area contributed by atoms with E-state index in [0.29, 0.717) is 22.7 Å². The second-order valence-corrected chi connectivity index (χ2v) is 5.31. The predicted octanol–water partition coefficient (Wildman–Crippen LogP) is 4.07. The Morgan fingerprint density at radius 3 is 2.30 bits per heavy atom. The third kappa shape index (κ3) is 2.72. The van der Waals surface area contributed by atoms with Crippen LogP contribution in [0.2, 0.25) is 0 Å². The van der Waals surface area contributed by atoms with Crippen LogP contribution in [-0.2, 0) is 0 Å². The van der Waals surface area contributed by atoms with Crippen molar-refractivity contribution in [1.29, 1.82) is 0 Å². The summed E-state index contributed by atoms with van der Waals surface area (Å²) >= 11 is 0. The van der Waals surface area contributed by atoms with Crippen molar-refractivity contribution in [2.24, 2.45) is 0 Å². The first-order valence-corrected chi connectivity index (χ1v) is 6.60. The van der Waals surface area contributed by atoms with Crippen LogP contribution in [0.5, 0.6) is 0 Å². The molecule has 2 nitrogen and oxygen atoms in total. The third-order valence-corrected chi connectivity index (χ3v) is 3.36. The maximum Gasteiger partial charge on any atom is 0.196 e. The molecule has 0 atom stereocenters.